The molecule has 0 aromatic carbocycles. The number of carbonyl (C=O) groups excluding carboxylic acids is 3. The van der Waals surface area contributed by atoms with Gasteiger partial charge in [0.15, 0.2) is 0 Å². The number of aldehydes is 1. The first-order valence-corrected chi connectivity index (χ1v) is 13.5. The molecule has 15 heteroatoms. The summed E-state index contributed by atoms with van der Waals surface area (Å²) < 4.78 is 52.5. The molecule has 0 bridgehead atoms. The van der Waals surface area contributed by atoms with Crippen LogP contribution in [-0.2, 0) is 57.0 Å². The zero-order chi connectivity index (χ0) is 29.2. The van der Waals surface area contributed by atoms with Gasteiger partial charge in [-0.15, -0.1) is 0 Å². The van der Waals surface area contributed by atoms with Crippen molar-refractivity contribution in [3.05, 3.63) is 0 Å². The van der Waals surface area contributed by atoms with Gasteiger partial charge in [-0.2, -0.15) is 0 Å². The zero-order valence-electron chi connectivity index (χ0n) is 23.5. The van der Waals surface area contributed by atoms with Crippen LogP contribution in [0.2, 0.25) is 0 Å². The SMILES string of the molecule is NC(=O)OCCOCCOCCOCCC(=O)NCCOCCOCCOCCOCCOCCOCCC=O. The fourth-order valence-corrected chi connectivity index (χ4v) is 2.59. The Bertz CT molecular complexity index is 573. The monoisotopic (exact) mass is 584 g/mol. The van der Waals surface area contributed by atoms with Crippen molar-refractivity contribution in [3.8, 4) is 0 Å². The summed E-state index contributed by atoms with van der Waals surface area (Å²) in [4.78, 5) is 32.2. The quantitative estimate of drug-likeness (QED) is 0.0732. The Morgan fingerprint density at radius 1 is 0.500 bits per heavy atom. The molecular weight excluding hydrogens is 536 g/mol. The molecule has 0 aliphatic carbocycles. The fourth-order valence-electron chi connectivity index (χ4n) is 2.59. The lowest BCUT2D eigenvalue weighted by Gasteiger charge is -2.09. The number of nitrogens with one attached hydrogen (secondary N) is 1. The summed E-state index contributed by atoms with van der Waals surface area (Å²) in [6.07, 6.45) is 0.652. The molecule has 0 heterocycles. The first kappa shape index (κ1) is 38.0. The number of primary amides is 1. The highest BCUT2D eigenvalue weighted by Crippen LogP contribution is 1.88. The predicted octanol–water partition coefficient (Wildman–Crippen LogP) is -0.674. The standard InChI is InChI=1S/C25H48N2O13/c26-25(30)40-23-22-39-21-20-35-12-9-32-6-2-24(29)27-3-7-33-10-13-36-15-17-38-19-18-37-16-14-34-11-8-31-5-1-4-28/h4H,1-3,5-23H2,(H2,26,30)(H,27,29). The van der Waals surface area contributed by atoms with Crippen molar-refractivity contribution in [3.63, 3.8) is 0 Å². The van der Waals surface area contributed by atoms with Crippen molar-refractivity contribution in [1.29, 1.82) is 0 Å². The van der Waals surface area contributed by atoms with E-state index >= 15 is 0 Å². The van der Waals surface area contributed by atoms with Crippen LogP contribution in [-0.4, -0.2) is 150 Å². The molecule has 0 aliphatic rings. The molecule has 2 amide bonds. The predicted molar refractivity (Wildman–Crippen MR) is 141 cm³/mol. The molecule has 3 N–H and O–H groups in total. The van der Waals surface area contributed by atoms with Gasteiger partial charge in [-0.3, -0.25) is 4.79 Å². The van der Waals surface area contributed by atoms with Crippen LogP contribution in [0.25, 0.3) is 0 Å². The maximum absolute atomic E-state index is 11.7. The largest absolute Gasteiger partial charge is 0.447 e. The Hall–Kier alpha value is -1.95. The highest BCUT2D eigenvalue weighted by Gasteiger charge is 2.01. The van der Waals surface area contributed by atoms with E-state index in [0.717, 1.165) is 6.29 Å². The highest BCUT2D eigenvalue weighted by molar-refractivity contribution is 5.75. The molecule has 15 nitrogen and oxygen atoms in total. The number of hydrogen-bond donors (Lipinski definition) is 2. The third-order valence-corrected chi connectivity index (χ3v) is 4.50. The Kier molecular flexibility index (Phi) is 31.6. The second kappa shape index (κ2) is 33.3. The minimum Gasteiger partial charge on any atom is -0.447 e. The normalized spacial score (nSPS) is 11.0. The lowest BCUT2D eigenvalue weighted by Crippen LogP contribution is -2.28. The average Bonchev–Trinajstić information content (AvgIpc) is 2.94. The summed E-state index contributed by atoms with van der Waals surface area (Å²) in [5.41, 5.74) is 4.82. The summed E-state index contributed by atoms with van der Waals surface area (Å²) in [5.74, 6) is -0.113. The van der Waals surface area contributed by atoms with Crippen molar-refractivity contribution < 1.29 is 61.8 Å². The topological polar surface area (TPSA) is 182 Å². The molecule has 0 aromatic heterocycles. The molecule has 0 saturated carbocycles. The van der Waals surface area contributed by atoms with E-state index in [4.69, 9.17) is 48.4 Å². The van der Waals surface area contributed by atoms with Gasteiger partial charge in [0.05, 0.1) is 119 Å². The number of amides is 2. The van der Waals surface area contributed by atoms with Crippen LogP contribution in [0.4, 0.5) is 4.79 Å². The molecule has 0 aromatic rings. The second-order valence-corrected chi connectivity index (χ2v) is 7.73. The Morgan fingerprint density at radius 3 is 1.25 bits per heavy atom. The van der Waals surface area contributed by atoms with Crippen molar-refractivity contribution >= 4 is 18.3 Å². The summed E-state index contributed by atoms with van der Waals surface area (Å²) in [6.45, 7) is 8.04. The van der Waals surface area contributed by atoms with Gasteiger partial charge in [0.2, 0.25) is 5.91 Å². The summed E-state index contributed by atoms with van der Waals surface area (Å²) in [7, 11) is 0. The van der Waals surface area contributed by atoms with Crippen molar-refractivity contribution in [2.75, 3.05) is 132 Å². The van der Waals surface area contributed by atoms with Crippen molar-refractivity contribution in [1.82, 2.24) is 5.32 Å². The van der Waals surface area contributed by atoms with E-state index in [0.29, 0.717) is 125 Å². The van der Waals surface area contributed by atoms with Crippen LogP contribution in [0.5, 0.6) is 0 Å². The minimum atomic E-state index is -0.829. The van der Waals surface area contributed by atoms with E-state index in [2.05, 4.69) is 10.1 Å². The second-order valence-electron chi connectivity index (χ2n) is 7.73. The molecule has 0 aliphatic heterocycles. The summed E-state index contributed by atoms with van der Waals surface area (Å²) in [5, 5.41) is 2.76. The molecular formula is C25H48N2O13. The van der Waals surface area contributed by atoms with E-state index in [1.165, 1.54) is 0 Å². The van der Waals surface area contributed by atoms with E-state index in [1.54, 1.807) is 0 Å². The minimum absolute atomic E-state index is 0.109. The molecule has 0 saturated heterocycles. The number of nitrogens with two attached hydrogens (primary N) is 1. The maximum Gasteiger partial charge on any atom is 0.404 e. The molecule has 0 atom stereocenters. The molecule has 0 unspecified atom stereocenters. The molecule has 0 rings (SSSR count). The van der Waals surface area contributed by atoms with Gasteiger partial charge in [-0.25, -0.2) is 4.79 Å². The van der Waals surface area contributed by atoms with Gasteiger partial charge < -0.3 is 63.2 Å². The first-order valence-electron chi connectivity index (χ1n) is 13.5. The molecule has 0 fully saturated rings. The van der Waals surface area contributed by atoms with Gasteiger partial charge in [-0.1, -0.05) is 0 Å². The van der Waals surface area contributed by atoms with E-state index in [-0.39, 0.29) is 25.5 Å². The van der Waals surface area contributed by atoms with Gasteiger partial charge in [0.25, 0.3) is 0 Å². The number of ether oxygens (including phenoxy) is 10. The van der Waals surface area contributed by atoms with Gasteiger partial charge in [0, 0.05) is 19.4 Å². The Balaban J connectivity index is 3.15. The zero-order valence-corrected chi connectivity index (χ0v) is 23.5. The lowest BCUT2D eigenvalue weighted by molar-refractivity contribution is -0.122. The number of carbonyl (C=O) groups is 3. The van der Waals surface area contributed by atoms with Crippen LogP contribution in [0, 0.1) is 0 Å². The summed E-state index contributed by atoms with van der Waals surface area (Å²) >= 11 is 0. The van der Waals surface area contributed by atoms with Crippen LogP contribution in [0.15, 0.2) is 0 Å². The van der Waals surface area contributed by atoms with Crippen LogP contribution >= 0.6 is 0 Å². The third kappa shape index (κ3) is 34.1. The van der Waals surface area contributed by atoms with Crippen molar-refractivity contribution in [2.24, 2.45) is 5.73 Å². The Morgan fingerprint density at radius 2 is 0.850 bits per heavy atom. The van der Waals surface area contributed by atoms with E-state index < -0.39 is 6.09 Å². The third-order valence-electron chi connectivity index (χ3n) is 4.50. The average molecular weight is 585 g/mol. The van der Waals surface area contributed by atoms with E-state index in [9.17, 15) is 14.4 Å². The summed E-state index contributed by atoms with van der Waals surface area (Å²) in [6, 6.07) is 0. The van der Waals surface area contributed by atoms with Crippen LogP contribution in [0.1, 0.15) is 12.8 Å². The lowest BCUT2D eigenvalue weighted by atomic mass is 10.4. The van der Waals surface area contributed by atoms with E-state index in [1.807, 2.05) is 0 Å². The van der Waals surface area contributed by atoms with Gasteiger partial charge >= 0.3 is 6.09 Å². The number of rotatable bonds is 33. The highest BCUT2D eigenvalue weighted by atomic mass is 16.6. The van der Waals surface area contributed by atoms with Crippen LogP contribution in [0.3, 0.4) is 0 Å². The van der Waals surface area contributed by atoms with Gasteiger partial charge in [-0.05, 0) is 0 Å². The maximum atomic E-state index is 11.7. The number of hydrogen-bond acceptors (Lipinski definition) is 13. The van der Waals surface area contributed by atoms with Crippen LogP contribution < -0.4 is 11.1 Å². The van der Waals surface area contributed by atoms with Crippen molar-refractivity contribution in [2.45, 2.75) is 12.8 Å². The molecule has 236 valence electrons. The molecule has 0 radical (unpaired) electrons. The van der Waals surface area contributed by atoms with Gasteiger partial charge in [0.1, 0.15) is 12.9 Å². The Labute approximate surface area is 236 Å². The fraction of sp³-hybridized carbons (Fsp3) is 0.880. The first-order chi connectivity index (χ1) is 19.7. The molecule has 0 spiro atoms. The smallest absolute Gasteiger partial charge is 0.404 e. The molecule has 40 heavy (non-hydrogen) atoms.